The van der Waals surface area contributed by atoms with Gasteiger partial charge in [-0.05, 0) is 20.8 Å². The van der Waals surface area contributed by atoms with Gasteiger partial charge in [-0.15, -0.1) is 0 Å². The molecule has 0 N–H and O–H groups in total. The lowest BCUT2D eigenvalue weighted by Crippen LogP contribution is -2.31. The highest BCUT2D eigenvalue weighted by Gasteiger charge is 2.20. The van der Waals surface area contributed by atoms with Crippen molar-refractivity contribution in [2.45, 2.75) is 39.7 Å². The van der Waals surface area contributed by atoms with Crippen LogP contribution in [0.5, 0.6) is 0 Å². The van der Waals surface area contributed by atoms with Crippen LogP contribution in [0.25, 0.3) is 0 Å². The van der Waals surface area contributed by atoms with Crippen LogP contribution in [0.2, 0.25) is 0 Å². The maximum absolute atomic E-state index is 11.6. The Balaban J connectivity index is 4.40. The molecular weight excluding hydrogens is 312 g/mol. The van der Waals surface area contributed by atoms with Crippen LogP contribution in [-0.2, 0) is 33.3 Å². The van der Waals surface area contributed by atoms with E-state index in [4.69, 9.17) is 14.2 Å². The summed E-state index contributed by atoms with van der Waals surface area (Å²) in [6, 6.07) is 0. The van der Waals surface area contributed by atoms with Crippen molar-refractivity contribution in [3.8, 4) is 0 Å². The third-order valence-electron chi connectivity index (χ3n) is 2.28. The Morgan fingerprint density at radius 3 is 1.65 bits per heavy atom. The second kappa shape index (κ2) is 12.2. The smallest absolute Gasteiger partial charge is 0.455 e. The van der Waals surface area contributed by atoms with E-state index >= 15 is 0 Å². The van der Waals surface area contributed by atoms with E-state index in [-0.39, 0.29) is 45.1 Å². The van der Waals surface area contributed by atoms with Crippen LogP contribution in [0, 0.1) is 0 Å². The Hall–Kier alpha value is -2.32. The lowest BCUT2D eigenvalue weighted by Gasteiger charge is -2.17. The van der Waals surface area contributed by atoms with Crippen molar-refractivity contribution >= 4 is 24.1 Å². The van der Waals surface area contributed by atoms with Crippen molar-refractivity contribution in [1.82, 2.24) is 0 Å². The van der Waals surface area contributed by atoms with Crippen molar-refractivity contribution in [1.29, 1.82) is 0 Å². The van der Waals surface area contributed by atoms with Gasteiger partial charge in [0.2, 0.25) is 0 Å². The molecule has 0 saturated heterocycles. The van der Waals surface area contributed by atoms with Crippen molar-refractivity contribution in [2.75, 3.05) is 26.4 Å². The second-order valence-corrected chi connectivity index (χ2v) is 4.30. The van der Waals surface area contributed by atoms with E-state index in [0.29, 0.717) is 0 Å². The summed E-state index contributed by atoms with van der Waals surface area (Å²) in [6.07, 6.45) is -2.99. The van der Waals surface area contributed by atoms with E-state index in [9.17, 15) is 19.2 Å². The van der Waals surface area contributed by atoms with Gasteiger partial charge in [0, 0.05) is 6.42 Å². The molecule has 0 aliphatic rings. The molecule has 0 aromatic rings. The number of hydrogen-bond acceptors (Lipinski definition) is 9. The Morgan fingerprint density at radius 2 is 1.26 bits per heavy atom. The Labute approximate surface area is 134 Å². The Kier molecular flexibility index (Phi) is 11.0. The Morgan fingerprint density at radius 1 is 0.783 bits per heavy atom. The molecule has 0 aliphatic carbocycles. The zero-order valence-electron chi connectivity index (χ0n) is 13.5. The first-order chi connectivity index (χ1) is 10.9. The average Bonchev–Trinajstić information content (AvgIpc) is 2.48. The average molecular weight is 334 g/mol. The fraction of sp³-hybridized carbons (Fsp3) is 0.714. The summed E-state index contributed by atoms with van der Waals surface area (Å²) in [6.45, 7) is 4.09. The van der Waals surface area contributed by atoms with Gasteiger partial charge in [0.15, 0.2) is 6.10 Å². The van der Waals surface area contributed by atoms with E-state index in [1.54, 1.807) is 13.8 Å². The third-order valence-corrected chi connectivity index (χ3v) is 2.28. The lowest BCUT2D eigenvalue weighted by atomic mass is 10.2. The normalized spacial score (nSPS) is 9.91. The van der Waals surface area contributed by atoms with E-state index < -0.39 is 24.4 Å². The molecule has 0 aromatic heterocycles. The van der Waals surface area contributed by atoms with E-state index in [2.05, 4.69) is 9.47 Å². The summed E-state index contributed by atoms with van der Waals surface area (Å²) in [4.78, 5) is 44.7. The number of ether oxygens (including phenoxy) is 5. The van der Waals surface area contributed by atoms with Crippen LogP contribution in [0.1, 0.15) is 33.6 Å². The maximum atomic E-state index is 11.6. The fourth-order valence-corrected chi connectivity index (χ4v) is 1.28. The molecular formula is C14H22O9. The number of carbonyl (C=O) groups excluding carboxylic acids is 4. The molecule has 0 saturated carbocycles. The van der Waals surface area contributed by atoms with Gasteiger partial charge in [0.1, 0.15) is 19.0 Å². The van der Waals surface area contributed by atoms with Gasteiger partial charge in [-0.2, -0.15) is 0 Å². The van der Waals surface area contributed by atoms with Gasteiger partial charge in [-0.25, -0.2) is 9.59 Å². The predicted molar refractivity (Wildman–Crippen MR) is 75.7 cm³/mol. The Bertz CT molecular complexity index is 383. The third kappa shape index (κ3) is 12.0. The molecule has 9 heteroatoms. The molecule has 0 bridgehead atoms. The number of esters is 1. The number of ketones is 1. The zero-order chi connectivity index (χ0) is 17.7. The maximum Gasteiger partial charge on any atom is 0.508 e. The van der Waals surface area contributed by atoms with Gasteiger partial charge in [-0.3, -0.25) is 4.79 Å². The summed E-state index contributed by atoms with van der Waals surface area (Å²) < 4.78 is 23.6. The summed E-state index contributed by atoms with van der Waals surface area (Å²) >= 11 is 0. The first kappa shape index (κ1) is 20.7. The molecule has 0 atom stereocenters. The highest BCUT2D eigenvalue weighted by Crippen LogP contribution is 2.03. The molecule has 0 aliphatic heterocycles. The van der Waals surface area contributed by atoms with E-state index in [1.807, 2.05) is 0 Å². The number of hydrogen-bond donors (Lipinski definition) is 0. The molecule has 23 heavy (non-hydrogen) atoms. The van der Waals surface area contributed by atoms with Crippen LogP contribution in [-0.4, -0.2) is 56.6 Å². The van der Waals surface area contributed by atoms with E-state index in [1.165, 1.54) is 6.92 Å². The molecule has 9 nitrogen and oxygen atoms in total. The molecule has 0 unspecified atom stereocenters. The molecule has 0 amide bonds. The molecule has 132 valence electrons. The highest BCUT2D eigenvalue weighted by atomic mass is 16.7. The van der Waals surface area contributed by atoms with Crippen LogP contribution in [0.4, 0.5) is 9.59 Å². The lowest BCUT2D eigenvalue weighted by molar-refractivity contribution is -0.155. The van der Waals surface area contributed by atoms with Crippen LogP contribution < -0.4 is 0 Å². The van der Waals surface area contributed by atoms with Gasteiger partial charge in [-0.1, -0.05) is 0 Å². The monoisotopic (exact) mass is 334 g/mol. The van der Waals surface area contributed by atoms with Crippen LogP contribution >= 0.6 is 0 Å². The van der Waals surface area contributed by atoms with Gasteiger partial charge in [0.25, 0.3) is 0 Å². The van der Waals surface area contributed by atoms with Gasteiger partial charge < -0.3 is 28.5 Å². The summed E-state index contributed by atoms with van der Waals surface area (Å²) in [7, 11) is 0. The van der Waals surface area contributed by atoms with Crippen molar-refractivity contribution in [3.63, 3.8) is 0 Å². The van der Waals surface area contributed by atoms with Crippen LogP contribution in [0.15, 0.2) is 0 Å². The molecule has 0 spiro atoms. The molecule has 0 radical (unpaired) electrons. The van der Waals surface area contributed by atoms with Gasteiger partial charge >= 0.3 is 18.3 Å². The number of Topliss-reactive ketones (excluding diaryl/α,β-unsaturated/α-hetero) is 1. The van der Waals surface area contributed by atoms with E-state index in [0.717, 1.165) is 0 Å². The van der Waals surface area contributed by atoms with Gasteiger partial charge in [0.05, 0.1) is 19.6 Å². The van der Waals surface area contributed by atoms with Crippen LogP contribution in [0.3, 0.4) is 0 Å². The molecule has 0 fully saturated rings. The second-order valence-electron chi connectivity index (χ2n) is 4.30. The fourth-order valence-electron chi connectivity index (χ4n) is 1.28. The quantitative estimate of drug-likeness (QED) is 0.434. The first-order valence-corrected chi connectivity index (χ1v) is 7.17. The van der Waals surface area contributed by atoms with Crippen molar-refractivity contribution in [3.05, 3.63) is 0 Å². The minimum Gasteiger partial charge on any atom is -0.455 e. The summed E-state index contributed by atoms with van der Waals surface area (Å²) in [5, 5.41) is 0. The zero-order valence-corrected chi connectivity index (χ0v) is 13.5. The minimum absolute atomic E-state index is 0.0308. The van der Waals surface area contributed by atoms with Crippen molar-refractivity contribution in [2.24, 2.45) is 0 Å². The highest BCUT2D eigenvalue weighted by molar-refractivity contribution is 5.81. The van der Waals surface area contributed by atoms with Crippen molar-refractivity contribution < 1.29 is 42.9 Å². The predicted octanol–water partition coefficient (Wildman–Crippen LogP) is 1.61. The topological polar surface area (TPSA) is 114 Å². The standard InChI is InChI=1S/C14H22O9/c1-4-19-13(17)21-8-11(9-22-14(18)20-5-2)23-12(16)7-6-10(3)15/h11H,4-9H2,1-3H3. The number of rotatable bonds is 10. The molecule has 0 aromatic carbocycles. The minimum atomic E-state index is -1.02. The first-order valence-electron chi connectivity index (χ1n) is 7.17. The molecule has 0 heterocycles. The SMILES string of the molecule is CCOC(=O)OCC(COC(=O)OCC)OC(=O)CCC(C)=O. The summed E-state index contributed by atoms with van der Waals surface area (Å²) in [5.41, 5.74) is 0. The number of carbonyl (C=O) groups is 4. The largest absolute Gasteiger partial charge is 0.508 e. The summed E-state index contributed by atoms with van der Waals surface area (Å²) in [5.74, 6) is -0.839. The molecule has 0 rings (SSSR count).